The number of ether oxygens (including phenoxy) is 1. The second-order valence-electron chi connectivity index (χ2n) is 11.1. The van der Waals surface area contributed by atoms with Crippen LogP contribution in [0, 0.1) is 0 Å². The molecule has 0 atom stereocenters. The number of nitrogens with two attached hydrogens (primary N) is 1. The van der Waals surface area contributed by atoms with E-state index in [-0.39, 0.29) is 18.5 Å². The SMILES string of the molecule is CC(C)NC(=O)CN1Cc2cccc(OCCCC(=O)N(C3CCCCC3)C3CCCCC3)c2N=C1N. The van der Waals surface area contributed by atoms with E-state index in [1.165, 1.54) is 38.5 Å². The molecule has 2 saturated carbocycles. The van der Waals surface area contributed by atoms with Gasteiger partial charge in [0.15, 0.2) is 5.96 Å². The first-order chi connectivity index (χ1) is 17.9. The fraction of sp³-hybridized carbons (Fsp3) is 0.690. The molecule has 3 N–H and O–H groups in total. The molecule has 204 valence electrons. The van der Waals surface area contributed by atoms with E-state index in [4.69, 9.17) is 10.5 Å². The number of carbonyl (C=O) groups excluding carboxylic acids is 2. The summed E-state index contributed by atoms with van der Waals surface area (Å²) in [4.78, 5) is 34.2. The van der Waals surface area contributed by atoms with Gasteiger partial charge in [0.05, 0.1) is 13.2 Å². The first kappa shape index (κ1) is 27.3. The Labute approximate surface area is 222 Å². The molecule has 2 amide bonds. The molecule has 1 aliphatic heterocycles. The maximum atomic E-state index is 13.4. The van der Waals surface area contributed by atoms with Crippen molar-refractivity contribution < 1.29 is 14.3 Å². The van der Waals surface area contributed by atoms with Gasteiger partial charge in [0.25, 0.3) is 0 Å². The van der Waals surface area contributed by atoms with Crippen LogP contribution in [-0.4, -0.2) is 58.9 Å². The third-order valence-electron chi connectivity index (χ3n) is 7.79. The number of nitrogens with one attached hydrogen (secondary N) is 1. The van der Waals surface area contributed by atoms with Crippen LogP contribution in [0.4, 0.5) is 5.69 Å². The highest BCUT2D eigenvalue weighted by atomic mass is 16.5. The maximum Gasteiger partial charge on any atom is 0.239 e. The summed E-state index contributed by atoms with van der Waals surface area (Å²) in [6, 6.07) is 6.75. The Hall–Kier alpha value is -2.77. The number of aliphatic imine (C=N–C) groups is 1. The fourth-order valence-corrected chi connectivity index (χ4v) is 6.05. The number of amides is 2. The number of guanidine groups is 1. The van der Waals surface area contributed by atoms with Gasteiger partial charge in [-0.25, -0.2) is 4.99 Å². The van der Waals surface area contributed by atoms with E-state index in [1.807, 2.05) is 32.0 Å². The summed E-state index contributed by atoms with van der Waals surface area (Å²) in [5.74, 6) is 1.21. The molecule has 0 spiro atoms. The smallest absolute Gasteiger partial charge is 0.239 e. The lowest BCUT2D eigenvalue weighted by atomic mass is 9.88. The van der Waals surface area contributed by atoms with E-state index in [2.05, 4.69) is 15.2 Å². The third kappa shape index (κ3) is 7.39. The molecule has 2 aliphatic carbocycles. The predicted octanol–water partition coefficient (Wildman–Crippen LogP) is 4.63. The summed E-state index contributed by atoms with van der Waals surface area (Å²) in [6.07, 6.45) is 13.4. The number of carbonyl (C=O) groups is 2. The molecule has 1 aromatic rings. The number of fused-ring (bicyclic) bond motifs is 1. The Kier molecular flexibility index (Phi) is 9.69. The minimum absolute atomic E-state index is 0.0760. The van der Waals surface area contributed by atoms with Gasteiger partial charge in [-0.15, -0.1) is 0 Å². The van der Waals surface area contributed by atoms with Gasteiger partial charge in [-0.3, -0.25) is 9.59 Å². The van der Waals surface area contributed by atoms with Crippen LogP contribution in [0.25, 0.3) is 0 Å². The lowest BCUT2D eigenvalue weighted by Crippen LogP contribution is -2.48. The third-order valence-corrected chi connectivity index (χ3v) is 7.79. The first-order valence-corrected chi connectivity index (χ1v) is 14.4. The van der Waals surface area contributed by atoms with Crippen molar-refractivity contribution in [3.63, 3.8) is 0 Å². The first-order valence-electron chi connectivity index (χ1n) is 14.4. The van der Waals surface area contributed by atoms with Gasteiger partial charge in [0.2, 0.25) is 11.8 Å². The van der Waals surface area contributed by atoms with Crippen molar-refractivity contribution in [2.45, 2.75) is 116 Å². The molecule has 1 aromatic carbocycles. The molecule has 1 heterocycles. The van der Waals surface area contributed by atoms with Crippen LogP contribution in [0.15, 0.2) is 23.2 Å². The molecule has 37 heavy (non-hydrogen) atoms. The summed E-state index contributed by atoms with van der Waals surface area (Å²) >= 11 is 0. The number of benzene rings is 1. The van der Waals surface area contributed by atoms with E-state index in [9.17, 15) is 9.59 Å². The van der Waals surface area contributed by atoms with Crippen molar-refractivity contribution >= 4 is 23.5 Å². The summed E-state index contributed by atoms with van der Waals surface area (Å²) in [6.45, 7) is 4.99. The highest BCUT2D eigenvalue weighted by Gasteiger charge is 2.32. The standard InChI is InChI=1S/C29H45N5O3/c1-21(2)31-26(35)20-33-19-22-11-9-16-25(28(22)32-29(33)30)37-18-10-17-27(36)34(23-12-5-3-6-13-23)24-14-7-4-8-15-24/h9,11,16,21,23-24H,3-8,10,12-15,17-20H2,1-2H3,(H2,30,32)(H,31,35). The number of para-hydroxylation sites is 1. The van der Waals surface area contributed by atoms with Crippen molar-refractivity contribution in [1.29, 1.82) is 0 Å². The Morgan fingerprint density at radius 2 is 1.73 bits per heavy atom. The molecule has 8 nitrogen and oxygen atoms in total. The van der Waals surface area contributed by atoms with E-state index >= 15 is 0 Å². The Morgan fingerprint density at radius 3 is 2.35 bits per heavy atom. The van der Waals surface area contributed by atoms with Crippen LogP contribution < -0.4 is 15.8 Å². The molecule has 0 radical (unpaired) electrons. The zero-order valence-corrected chi connectivity index (χ0v) is 22.7. The van der Waals surface area contributed by atoms with Crippen LogP contribution in [-0.2, 0) is 16.1 Å². The Bertz CT molecular complexity index is 933. The lowest BCUT2D eigenvalue weighted by molar-refractivity contribution is -0.138. The van der Waals surface area contributed by atoms with Gasteiger partial charge in [-0.2, -0.15) is 0 Å². The average Bonchev–Trinajstić information content (AvgIpc) is 2.88. The Morgan fingerprint density at radius 1 is 1.08 bits per heavy atom. The number of hydrogen-bond donors (Lipinski definition) is 2. The van der Waals surface area contributed by atoms with Crippen molar-refractivity contribution in [2.24, 2.45) is 10.7 Å². The minimum atomic E-state index is -0.0795. The molecular weight excluding hydrogens is 466 g/mol. The zero-order valence-electron chi connectivity index (χ0n) is 22.7. The van der Waals surface area contributed by atoms with E-state index in [0.29, 0.717) is 55.7 Å². The normalized spacial score (nSPS) is 18.8. The molecular formula is C29H45N5O3. The van der Waals surface area contributed by atoms with Crippen LogP contribution >= 0.6 is 0 Å². The highest BCUT2D eigenvalue weighted by Crippen LogP contribution is 2.35. The van der Waals surface area contributed by atoms with Crippen LogP contribution in [0.1, 0.15) is 96.5 Å². The van der Waals surface area contributed by atoms with Gasteiger partial charge in [0, 0.05) is 36.7 Å². The van der Waals surface area contributed by atoms with Crippen molar-refractivity contribution in [3.05, 3.63) is 23.8 Å². The van der Waals surface area contributed by atoms with Crippen molar-refractivity contribution in [1.82, 2.24) is 15.1 Å². The predicted molar refractivity (Wildman–Crippen MR) is 147 cm³/mol. The molecule has 0 aromatic heterocycles. The quantitative estimate of drug-likeness (QED) is 0.446. The monoisotopic (exact) mass is 511 g/mol. The summed E-state index contributed by atoms with van der Waals surface area (Å²) in [5.41, 5.74) is 7.89. The molecule has 0 unspecified atom stereocenters. The molecule has 2 fully saturated rings. The zero-order chi connectivity index (χ0) is 26.2. The van der Waals surface area contributed by atoms with Crippen LogP contribution in [0.2, 0.25) is 0 Å². The van der Waals surface area contributed by atoms with Crippen LogP contribution in [0.3, 0.4) is 0 Å². The molecule has 8 heteroatoms. The number of rotatable bonds is 10. The largest absolute Gasteiger partial charge is 0.491 e. The maximum absolute atomic E-state index is 13.4. The van der Waals surface area contributed by atoms with Gasteiger partial charge in [-0.05, 0) is 52.0 Å². The van der Waals surface area contributed by atoms with Crippen molar-refractivity contribution in [2.75, 3.05) is 13.2 Å². The molecule has 0 bridgehead atoms. The summed E-state index contributed by atoms with van der Waals surface area (Å²) in [7, 11) is 0. The number of nitrogens with zero attached hydrogens (tertiary/aromatic N) is 3. The van der Waals surface area contributed by atoms with Gasteiger partial charge in [0.1, 0.15) is 11.4 Å². The number of hydrogen-bond acceptors (Lipinski definition) is 6. The molecule has 3 aliphatic rings. The Balaban J connectivity index is 1.32. The van der Waals surface area contributed by atoms with E-state index in [1.54, 1.807) is 4.90 Å². The minimum Gasteiger partial charge on any atom is -0.491 e. The second-order valence-corrected chi connectivity index (χ2v) is 11.1. The van der Waals surface area contributed by atoms with E-state index < -0.39 is 0 Å². The van der Waals surface area contributed by atoms with Crippen LogP contribution in [0.5, 0.6) is 5.75 Å². The highest BCUT2D eigenvalue weighted by molar-refractivity contribution is 5.89. The second kappa shape index (κ2) is 13.2. The fourth-order valence-electron chi connectivity index (χ4n) is 6.05. The van der Waals surface area contributed by atoms with Gasteiger partial charge in [-0.1, -0.05) is 50.7 Å². The summed E-state index contributed by atoms with van der Waals surface area (Å²) in [5, 5.41) is 2.89. The van der Waals surface area contributed by atoms with Gasteiger partial charge < -0.3 is 25.6 Å². The van der Waals surface area contributed by atoms with Crippen molar-refractivity contribution in [3.8, 4) is 5.75 Å². The molecule has 4 rings (SSSR count). The van der Waals surface area contributed by atoms with E-state index in [0.717, 1.165) is 36.9 Å². The lowest BCUT2D eigenvalue weighted by Gasteiger charge is -2.42. The molecule has 0 saturated heterocycles. The summed E-state index contributed by atoms with van der Waals surface area (Å²) < 4.78 is 6.11. The average molecular weight is 512 g/mol. The van der Waals surface area contributed by atoms with Gasteiger partial charge >= 0.3 is 0 Å². The topological polar surface area (TPSA) is 100 Å².